The number of nitrogens with one attached hydrogen (secondary N) is 1. The van der Waals surface area contributed by atoms with Gasteiger partial charge in [0.25, 0.3) is 5.91 Å². The van der Waals surface area contributed by atoms with E-state index in [0.29, 0.717) is 21.4 Å². The maximum atomic E-state index is 12.1. The quantitative estimate of drug-likeness (QED) is 0.919. The minimum Gasteiger partial charge on any atom is -0.321 e. The standard InChI is InChI=1S/C15H13ClN2O2S/c1-9(19)18-7-6-10-2-3-11(8-12(10)18)17-15(20)13-4-5-14(16)21-13/h2-5,8H,6-7H2,1H3,(H,17,20). The second kappa shape index (κ2) is 5.50. The van der Waals surface area contributed by atoms with Gasteiger partial charge in [-0.3, -0.25) is 9.59 Å². The molecule has 0 saturated carbocycles. The molecule has 1 aliphatic rings. The number of hydrogen-bond acceptors (Lipinski definition) is 3. The van der Waals surface area contributed by atoms with Crippen LogP contribution in [0.3, 0.4) is 0 Å². The van der Waals surface area contributed by atoms with Gasteiger partial charge in [0.2, 0.25) is 5.91 Å². The maximum absolute atomic E-state index is 12.1. The van der Waals surface area contributed by atoms with Crippen LogP contribution in [-0.2, 0) is 11.2 Å². The lowest BCUT2D eigenvalue weighted by Crippen LogP contribution is -2.25. The first-order valence-corrected chi connectivity index (χ1v) is 7.72. The fourth-order valence-electron chi connectivity index (χ4n) is 2.41. The number of carbonyl (C=O) groups is 2. The summed E-state index contributed by atoms with van der Waals surface area (Å²) in [6.45, 7) is 2.25. The molecule has 1 aliphatic heterocycles. The first-order chi connectivity index (χ1) is 10.0. The summed E-state index contributed by atoms with van der Waals surface area (Å²) in [6.07, 6.45) is 0.851. The van der Waals surface area contributed by atoms with E-state index < -0.39 is 0 Å². The Balaban J connectivity index is 1.83. The molecule has 21 heavy (non-hydrogen) atoms. The number of carbonyl (C=O) groups excluding carboxylic acids is 2. The molecule has 2 aromatic rings. The highest BCUT2D eigenvalue weighted by Gasteiger charge is 2.22. The van der Waals surface area contributed by atoms with Crippen molar-refractivity contribution in [2.75, 3.05) is 16.8 Å². The van der Waals surface area contributed by atoms with Gasteiger partial charge in [0, 0.05) is 24.8 Å². The summed E-state index contributed by atoms with van der Waals surface area (Å²) in [4.78, 5) is 26.0. The summed E-state index contributed by atoms with van der Waals surface area (Å²) in [7, 11) is 0. The van der Waals surface area contributed by atoms with Crippen LogP contribution in [0.1, 0.15) is 22.2 Å². The zero-order chi connectivity index (χ0) is 15.0. The van der Waals surface area contributed by atoms with Crippen LogP contribution < -0.4 is 10.2 Å². The molecular formula is C15H13ClN2O2S. The third-order valence-electron chi connectivity index (χ3n) is 3.42. The van der Waals surface area contributed by atoms with Gasteiger partial charge >= 0.3 is 0 Å². The molecule has 1 aromatic carbocycles. The summed E-state index contributed by atoms with van der Waals surface area (Å²) < 4.78 is 0.580. The average molecular weight is 321 g/mol. The Labute approximate surface area is 131 Å². The predicted octanol–water partition coefficient (Wildman–Crippen LogP) is 3.56. The van der Waals surface area contributed by atoms with E-state index in [4.69, 9.17) is 11.6 Å². The monoisotopic (exact) mass is 320 g/mol. The Hall–Kier alpha value is -1.85. The van der Waals surface area contributed by atoms with Crippen molar-refractivity contribution in [3.8, 4) is 0 Å². The Morgan fingerprint density at radius 1 is 1.29 bits per heavy atom. The highest BCUT2D eigenvalue weighted by Crippen LogP contribution is 2.31. The van der Waals surface area contributed by atoms with Gasteiger partial charge in [-0.25, -0.2) is 0 Å². The highest BCUT2D eigenvalue weighted by atomic mass is 35.5. The maximum Gasteiger partial charge on any atom is 0.265 e. The zero-order valence-electron chi connectivity index (χ0n) is 11.4. The minimum absolute atomic E-state index is 0.0160. The molecule has 6 heteroatoms. The molecule has 4 nitrogen and oxygen atoms in total. The van der Waals surface area contributed by atoms with Gasteiger partial charge in [0.1, 0.15) is 0 Å². The van der Waals surface area contributed by atoms with Gasteiger partial charge in [-0.2, -0.15) is 0 Å². The summed E-state index contributed by atoms with van der Waals surface area (Å²) in [5, 5.41) is 2.84. The van der Waals surface area contributed by atoms with Crippen LogP contribution in [0.5, 0.6) is 0 Å². The van der Waals surface area contributed by atoms with Crippen LogP contribution in [0.25, 0.3) is 0 Å². The second-order valence-electron chi connectivity index (χ2n) is 4.82. The molecule has 0 atom stereocenters. The Kier molecular flexibility index (Phi) is 3.69. The van der Waals surface area contributed by atoms with E-state index in [-0.39, 0.29) is 11.8 Å². The van der Waals surface area contributed by atoms with E-state index in [2.05, 4.69) is 5.32 Å². The molecule has 2 heterocycles. The van der Waals surface area contributed by atoms with E-state index in [1.807, 2.05) is 18.2 Å². The van der Waals surface area contributed by atoms with Crippen molar-refractivity contribution in [3.63, 3.8) is 0 Å². The molecule has 0 radical (unpaired) electrons. The van der Waals surface area contributed by atoms with Crippen molar-refractivity contribution < 1.29 is 9.59 Å². The number of nitrogens with zero attached hydrogens (tertiary/aromatic N) is 1. The van der Waals surface area contributed by atoms with E-state index in [1.54, 1.807) is 24.0 Å². The SMILES string of the molecule is CC(=O)N1CCc2ccc(NC(=O)c3ccc(Cl)s3)cc21. The smallest absolute Gasteiger partial charge is 0.265 e. The fourth-order valence-corrected chi connectivity index (χ4v) is 3.35. The number of thiophene rings is 1. The van der Waals surface area contributed by atoms with Crippen LogP contribution in [-0.4, -0.2) is 18.4 Å². The summed E-state index contributed by atoms with van der Waals surface area (Å²) in [5.41, 5.74) is 2.68. The fraction of sp³-hybridized carbons (Fsp3) is 0.200. The lowest BCUT2D eigenvalue weighted by molar-refractivity contribution is -0.116. The molecule has 1 aromatic heterocycles. The largest absolute Gasteiger partial charge is 0.321 e. The first-order valence-electron chi connectivity index (χ1n) is 6.52. The van der Waals surface area contributed by atoms with E-state index in [0.717, 1.165) is 17.7 Å². The molecule has 0 spiro atoms. The van der Waals surface area contributed by atoms with Crippen molar-refractivity contribution in [2.24, 2.45) is 0 Å². The molecule has 1 N–H and O–H groups in total. The van der Waals surface area contributed by atoms with E-state index in [1.165, 1.54) is 11.3 Å². The topological polar surface area (TPSA) is 49.4 Å². The van der Waals surface area contributed by atoms with Crippen LogP contribution in [0.4, 0.5) is 11.4 Å². The number of amides is 2. The van der Waals surface area contributed by atoms with Crippen LogP contribution in [0.2, 0.25) is 4.34 Å². The lowest BCUT2D eigenvalue weighted by Gasteiger charge is -2.15. The van der Waals surface area contributed by atoms with E-state index >= 15 is 0 Å². The molecule has 0 bridgehead atoms. The molecular weight excluding hydrogens is 308 g/mol. The molecule has 2 amide bonds. The molecule has 108 valence electrons. The van der Waals surface area contributed by atoms with Gasteiger partial charge in [-0.1, -0.05) is 17.7 Å². The van der Waals surface area contributed by atoms with Gasteiger partial charge in [0.15, 0.2) is 0 Å². The number of halogens is 1. The number of anilines is 2. The summed E-state index contributed by atoms with van der Waals surface area (Å²) >= 11 is 7.07. The van der Waals surface area contributed by atoms with Crippen molar-refractivity contribution in [2.45, 2.75) is 13.3 Å². The number of benzene rings is 1. The summed E-state index contributed by atoms with van der Waals surface area (Å²) in [5.74, 6) is -0.179. The third-order valence-corrected chi connectivity index (χ3v) is 4.65. The third kappa shape index (κ3) is 2.80. The average Bonchev–Trinajstić information content (AvgIpc) is 3.04. The van der Waals surface area contributed by atoms with Crippen LogP contribution >= 0.6 is 22.9 Å². The Morgan fingerprint density at radius 3 is 2.76 bits per heavy atom. The van der Waals surface area contributed by atoms with Crippen LogP contribution in [0, 0.1) is 0 Å². The highest BCUT2D eigenvalue weighted by molar-refractivity contribution is 7.18. The lowest BCUT2D eigenvalue weighted by atomic mass is 10.1. The molecule has 0 unspecified atom stereocenters. The number of hydrogen-bond donors (Lipinski definition) is 1. The number of rotatable bonds is 2. The zero-order valence-corrected chi connectivity index (χ0v) is 12.9. The second-order valence-corrected chi connectivity index (χ2v) is 6.54. The van der Waals surface area contributed by atoms with Crippen molar-refractivity contribution in [3.05, 3.63) is 45.1 Å². The predicted molar refractivity (Wildman–Crippen MR) is 85.5 cm³/mol. The van der Waals surface area contributed by atoms with Gasteiger partial charge in [-0.15, -0.1) is 11.3 Å². The van der Waals surface area contributed by atoms with Crippen molar-refractivity contribution in [1.29, 1.82) is 0 Å². The number of fused-ring (bicyclic) bond motifs is 1. The minimum atomic E-state index is -0.195. The van der Waals surface area contributed by atoms with Crippen LogP contribution in [0.15, 0.2) is 30.3 Å². The first kappa shape index (κ1) is 14.1. The van der Waals surface area contributed by atoms with Gasteiger partial charge in [0.05, 0.1) is 9.21 Å². The molecule has 0 aliphatic carbocycles. The molecule has 0 fully saturated rings. The van der Waals surface area contributed by atoms with Crippen molar-refractivity contribution in [1.82, 2.24) is 0 Å². The summed E-state index contributed by atoms with van der Waals surface area (Å²) in [6, 6.07) is 9.04. The Bertz CT molecular complexity index is 726. The molecule has 0 saturated heterocycles. The Morgan fingerprint density at radius 2 is 2.10 bits per heavy atom. The van der Waals surface area contributed by atoms with E-state index in [9.17, 15) is 9.59 Å². The van der Waals surface area contributed by atoms with Gasteiger partial charge in [-0.05, 0) is 36.2 Å². The molecule has 3 rings (SSSR count). The normalized spacial score (nSPS) is 13.1. The van der Waals surface area contributed by atoms with Crippen molar-refractivity contribution >= 4 is 46.1 Å². The van der Waals surface area contributed by atoms with Gasteiger partial charge < -0.3 is 10.2 Å².